The van der Waals surface area contributed by atoms with Crippen LogP contribution in [-0.2, 0) is 10.0 Å². The lowest BCUT2D eigenvalue weighted by molar-refractivity contribution is -0.870. The fraction of sp³-hybridized carbons (Fsp3) is 1.00. The number of rotatable bonds is 12. The summed E-state index contributed by atoms with van der Waals surface area (Å²) in [5.41, 5.74) is 0. The Labute approximate surface area is 220 Å². The van der Waals surface area contributed by atoms with Gasteiger partial charge in [0.1, 0.15) is 10.0 Å². The van der Waals surface area contributed by atoms with E-state index in [-0.39, 0.29) is 41.2 Å². The first kappa shape index (κ1) is 41.8. The van der Waals surface area contributed by atoms with Crippen molar-refractivity contribution in [2.75, 3.05) is 34.2 Å². The molecule has 5 nitrogen and oxygen atoms in total. The maximum atomic E-state index is 13.8. The molecule has 0 bridgehead atoms. The molecule has 0 fully saturated rings. The topological polar surface area (TPSA) is 84.7 Å². The summed E-state index contributed by atoms with van der Waals surface area (Å²) in [5, 5.41) is -7.58. The van der Waals surface area contributed by atoms with Gasteiger partial charge in [0.15, 0.2) is 0 Å². The highest BCUT2D eigenvalue weighted by Gasteiger charge is 2.95. The van der Waals surface area contributed by atoms with Gasteiger partial charge < -0.3 is 39.3 Å². The quantitative estimate of drug-likeness (QED) is 0.144. The van der Waals surface area contributed by atoms with Crippen LogP contribution in [0.2, 0.25) is 0 Å². The first-order chi connectivity index (χ1) is 15.2. The van der Waals surface area contributed by atoms with Crippen LogP contribution in [0.1, 0.15) is 6.42 Å². The Kier molecular flexibility index (Phi) is 12.5. The molecule has 0 aliphatic heterocycles. The zero-order valence-corrected chi connectivity index (χ0v) is 22.0. The van der Waals surface area contributed by atoms with E-state index < -0.39 is 70.0 Å². The predicted octanol–water partition coefficient (Wildman–Crippen LogP) is 3.13. The highest BCUT2D eigenvalue weighted by Crippen LogP contribution is 2.64. The SMILES string of the molecule is C[N+](C)(C)CCC[N-]S(=O)(=O)C(F)(F)C(F)(F)C(F)(F)C(F)(F)C(F)(F)C(F)(F)C(F)(F)C(F)(F)F.[I-].[NH4+]. The van der Waals surface area contributed by atoms with Crippen molar-refractivity contribution in [3.05, 3.63) is 4.72 Å². The molecule has 0 atom stereocenters. The molecule has 0 saturated carbocycles. The van der Waals surface area contributed by atoms with Crippen molar-refractivity contribution in [1.29, 1.82) is 0 Å². The zero-order chi connectivity index (χ0) is 29.8. The molecule has 0 amide bonds. The first-order valence-corrected chi connectivity index (χ1v) is 10.1. The van der Waals surface area contributed by atoms with Crippen molar-refractivity contribution in [3.8, 4) is 0 Å². The lowest BCUT2D eigenvalue weighted by Crippen LogP contribution is -3.00. The summed E-state index contributed by atoms with van der Waals surface area (Å²) in [6, 6.07) is 0. The van der Waals surface area contributed by atoms with Crippen molar-refractivity contribution >= 4 is 10.0 Å². The molecule has 234 valence electrons. The average molecular weight is 743 g/mol. The highest BCUT2D eigenvalue weighted by atomic mass is 127. The highest BCUT2D eigenvalue weighted by molar-refractivity contribution is 7.95. The second-order valence-electron chi connectivity index (χ2n) is 8.16. The van der Waals surface area contributed by atoms with Crippen LogP contribution in [0.15, 0.2) is 0 Å². The van der Waals surface area contributed by atoms with Crippen LogP contribution >= 0.6 is 0 Å². The van der Waals surface area contributed by atoms with Crippen LogP contribution < -0.4 is 30.1 Å². The molecule has 0 saturated heterocycles. The number of sulfonamides is 1. The van der Waals surface area contributed by atoms with E-state index in [1.807, 2.05) is 4.72 Å². The third-order valence-electron chi connectivity index (χ3n) is 4.27. The van der Waals surface area contributed by atoms with Gasteiger partial charge in [0.2, 0.25) is 0 Å². The van der Waals surface area contributed by atoms with Gasteiger partial charge in [0, 0.05) is 0 Å². The van der Waals surface area contributed by atoms with Crippen LogP contribution in [-0.4, -0.2) is 94.1 Å². The minimum Gasteiger partial charge on any atom is -1.00 e. The van der Waals surface area contributed by atoms with Gasteiger partial charge >= 0.3 is 47.0 Å². The Bertz CT molecular complexity index is 901. The molecule has 0 aliphatic carbocycles. The third-order valence-corrected chi connectivity index (χ3v) is 5.69. The molecular formula is C14H19F17IN3O2S. The average Bonchev–Trinajstić information content (AvgIpc) is 2.62. The number of quaternary nitrogens is 2. The predicted molar refractivity (Wildman–Crippen MR) is 91.3 cm³/mol. The van der Waals surface area contributed by atoms with Crippen LogP contribution in [0.3, 0.4) is 0 Å². The molecule has 4 N–H and O–H groups in total. The van der Waals surface area contributed by atoms with E-state index in [0.29, 0.717) is 0 Å². The summed E-state index contributed by atoms with van der Waals surface area (Å²) in [5.74, 6) is -51.6. The third kappa shape index (κ3) is 6.47. The molecule has 0 unspecified atom stereocenters. The van der Waals surface area contributed by atoms with Gasteiger partial charge in [-0.3, -0.25) is 0 Å². The van der Waals surface area contributed by atoms with E-state index in [9.17, 15) is 83.1 Å². The monoisotopic (exact) mass is 743 g/mol. The molecule has 38 heavy (non-hydrogen) atoms. The Morgan fingerprint density at radius 2 is 0.868 bits per heavy atom. The number of halogens is 18. The number of alkyl halides is 17. The van der Waals surface area contributed by atoms with Gasteiger partial charge in [-0.05, 0) is 6.42 Å². The van der Waals surface area contributed by atoms with Gasteiger partial charge in [-0.25, -0.2) is 8.42 Å². The van der Waals surface area contributed by atoms with E-state index in [1.54, 1.807) is 0 Å². The number of hydrogen-bond acceptors (Lipinski definition) is 2. The summed E-state index contributed by atoms with van der Waals surface area (Å²) in [6.07, 6.45) is -8.43. The molecule has 0 aromatic rings. The van der Waals surface area contributed by atoms with Crippen LogP contribution in [0.5, 0.6) is 0 Å². The van der Waals surface area contributed by atoms with Crippen LogP contribution in [0, 0.1) is 0 Å². The summed E-state index contributed by atoms with van der Waals surface area (Å²) < 4.78 is 248. The van der Waals surface area contributed by atoms with Gasteiger partial charge in [0.05, 0.1) is 27.7 Å². The van der Waals surface area contributed by atoms with Crippen LogP contribution in [0.25, 0.3) is 4.72 Å². The second kappa shape index (κ2) is 11.3. The molecule has 0 rings (SSSR count). The maximum Gasteiger partial charge on any atom is 0.460 e. The Hall–Kier alpha value is -0.630. The van der Waals surface area contributed by atoms with Crippen LogP contribution in [0.4, 0.5) is 74.6 Å². The summed E-state index contributed by atoms with van der Waals surface area (Å²) in [6.45, 7) is -1.54. The lowest BCUT2D eigenvalue weighted by Gasteiger charge is -2.43. The molecule has 24 heteroatoms. The Balaban J connectivity index is -0.00000612. The Morgan fingerprint density at radius 1 is 0.579 bits per heavy atom. The number of nitrogens with zero attached hydrogens (tertiary/aromatic N) is 2. The lowest BCUT2D eigenvalue weighted by atomic mass is 9.91. The first-order valence-electron chi connectivity index (χ1n) is 8.66. The largest absolute Gasteiger partial charge is 1.00 e. The van der Waals surface area contributed by atoms with Crippen molar-refractivity contribution < 1.29 is 112 Å². The standard InChI is InChI=1S/C14H15F17N2O2S.HI.H3N/c1-33(2,3)6-4-5-32-36(34,35)14(30,31)12(25,26)10(21,22)8(17,18)7(15,16)9(19,20)11(23,24)13(27,28)29;;/h4-6H2,1-3H3;1H;1H3. The summed E-state index contributed by atoms with van der Waals surface area (Å²) in [4.78, 5) is 0. The minimum absolute atomic E-state index is 0. The van der Waals surface area contributed by atoms with Crippen molar-refractivity contribution in [2.24, 2.45) is 0 Å². The van der Waals surface area contributed by atoms with E-state index >= 15 is 0 Å². The van der Waals surface area contributed by atoms with Crippen molar-refractivity contribution in [3.63, 3.8) is 0 Å². The summed E-state index contributed by atoms with van der Waals surface area (Å²) >= 11 is 0. The van der Waals surface area contributed by atoms with Gasteiger partial charge in [-0.2, -0.15) is 74.6 Å². The molecule has 0 aliphatic rings. The van der Waals surface area contributed by atoms with E-state index in [0.717, 1.165) is 0 Å². The molecule has 0 heterocycles. The minimum atomic E-state index is -8.84. The zero-order valence-electron chi connectivity index (χ0n) is 19.0. The Morgan fingerprint density at radius 3 is 1.16 bits per heavy atom. The molecule has 0 radical (unpaired) electrons. The smallest absolute Gasteiger partial charge is 0.460 e. The maximum absolute atomic E-state index is 13.8. The fourth-order valence-corrected chi connectivity index (χ4v) is 3.11. The number of hydrogen-bond donors (Lipinski definition) is 1. The molecule has 0 spiro atoms. The van der Waals surface area contributed by atoms with Crippen molar-refractivity contribution in [1.82, 2.24) is 6.15 Å². The van der Waals surface area contributed by atoms with Gasteiger partial charge in [-0.1, -0.05) is 0 Å². The molecular weight excluding hydrogens is 724 g/mol. The molecule has 0 aromatic heterocycles. The van der Waals surface area contributed by atoms with E-state index in [1.165, 1.54) is 21.1 Å². The van der Waals surface area contributed by atoms with Gasteiger partial charge in [-0.15, -0.1) is 6.54 Å². The fourth-order valence-electron chi connectivity index (χ4n) is 2.12. The second-order valence-corrected chi connectivity index (χ2v) is 9.88. The molecule has 0 aromatic carbocycles. The normalized spacial score (nSPS) is 15.6. The van der Waals surface area contributed by atoms with Gasteiger partial charge in [0.25, 0.3) is 0 Å². The summed E-state index contributed by atoms with van der Waals surface area (Å²) in [7, 11) is -3.11. The van der Waals surface area contributed by atoms with E-state index in [2.05, 4.69) is 0 Å². The van der Waals surface area contributed by atoms with Crippen molar-refractivity contribution in [2.45, 2.75) is 53.4 Å². The van der Waals surface area contributed by atoms with E-state index in [4.69, 9.17) is 0 Å².